The lowest BCUT2D eigenvalue weighted by Crippen LogP contribution is -2.45. The third-order valence-corrected chi connectivity index (χ3v) is 5.45. The van der Waals surface area contributed by atoms with E-state index in [0.29, 0.717) is 6.54 Å². The van der Waals surface area contributed by atoms with Gasteiger partial charge >= 0.3 is 0 Å². The summed E-state index contributed by atoms with van der Waals surface area (Å²) >= 11 is 0. The summed E-state index contributed by atoms with van der Waals surface area (Å²) in [7, 11) is 0. The number of nitrogens with one attached hydrogen (secondary N) is 1. The monoisotopic (exact) mass is 406 g/mol. The average Bonchev–Trinajstić information content (AvgIpc) is 2.75. The first-order valence-corrected chi connectivity index (χ1v) is 10.8. The van der Waals surface area contributed by atoms with Crippen LogP contribution >= 0.6 is 0 Å². The highest BCUT2D eigenvalue weighted by molar-refractivity contribution is 5.92. The van der Waals surface area contributed by atoms with Crippen molar-refractivity contribution in [1.82, 2.24) is 9.80 Å². The van der Waals surface area contributed by atoms with E-state index in [1.807, 2.05) is 19.1 Å². The number of hydrogen-bond acceptors (Lipinski definition) is 4. The van der Waals surface area contributed by atoms with Gasteiger partial charge in [0, 0.05) is 50.6 Å². The van der Waals surface area contributed by atoms with E-state index >= 15 is 0 Å². The van der Waals surface area contributed by atoms with E-state index in [4.69, 9.17) is 0 Å². The third-order valence-electron chi connectivity index (χ3n) is 5.45. The Hall–Kier alpha value is -2.63. The highest BCUT2D eigenvalue weighted by atomic mass is 16.2. The first-order valence-electron chi connectivity index (χ1n) is 10.8. The van der Waals surface area contributed by atoms with Crippen LogP contribution in [0.2, 0.25) is 0 Å². The number of likely N-dealkylation sites (N-methyl/N-ethyl adjacent to an activating group) is 1. The van der Waals surface area contributed by atoms with Crippen molar-refractivity contribution in [3.05, 3.63) is 72.3 Å². The number of nitrogens with zero attached hydrogens (tertiary/aromatic N) is 3. The molecule has 0 bridgehead atoms. The molecule has 2 aromatic carbocycles. The van der Waals surface area contributed by atoms with Crippen LogP contribution in [0.15, 0.2) is 66.7 Å². The van der Waals surface area contributed by atoms with Crippen molar-refractivity contribution in [3.63, 3.8) is 0 Å². The minimum absolute atomic E-state index is 0.0142. The van der Waals surface area contributed by atoms with Gasteiger partial charge in [0.05, 0.1) is 6.54 Å². The number of hydrogen-bond donors (Lipinski definition) is 1. The average molecular weight is 407 g/mol. The Kier molecular flexibility index (Phi) is 8.05. The van der Waals surface area contributed by atoms with Crippen LogP contribution in [0.25, 0.3) is 0 Å². The van der Waals surface area contributed by atoms with Gasteiger partial charge in [-0.3, -0.25) is 14.6 Å². The first kappa shape index (κ1) is 22.1. The number of amides is 1. The molecule has 5 nitrogen and oxygen atoms in total. The number of carbonyl (C=O) groups is 1. The van der Waals surface area contributed by atoms with Crippen LogP contribution in [0.5, 0.6) is 0 Å². The number of rotatable bonds is 9. The zero-order chi connectivity index (χ0) is 21.3. The largest absolute Gasteiger partial charge is 0.369 e. The summed E-state index contributed by atoms with van der Waals surface area (Å²) in [6.45, 7) is 15.1. The Bertz CT molecular complexity index is 811. The highest BCUT2D eigenvalue weighted by Gasteiger charge is 2.17. The molecule has 0 aliphatic carbocycles. The van der Waals surface area contributed by atoms with Crippen molar-refractivity contribution in [1.29, 1.82) is 0 Å². The SMILES string of the molecule is C=C(C)CN(CC)CC(=O)Nc1ccc(N2CCN(Cc3ccccc3)CC2)cc1. The molecule has 1 amide bonds. The molecule has 1 aliphatic heterocycles. The van der Waals surface area contributed by atoms with Gasteiger partial charge < -0.3 is 10.2 Å². The predicted octanol–water partition coefficient (Wildman–Crippen LogP) is 3.85. The fourth-order valence-corrected chi connectivity index (χ4v) is 3.83. The van der Waals surface area contributed by atoms with Gasteiger partial charge in [0.15, 0.2) is 0 Å². The lowest BCUT2D eigenvalue weighted by atomic mass is 10.2. The van der Waals surface area contributed by atoms with Crippen molar-refractivity contribution in [2.45, 2.75) is 20.4 Å². The fraction of sp³-hybridized carbons (Fsp3) is 0.400. The number of piperazine rings is 1. The van der Waals surface area contributed by atoms with Crippen LogP contribution in [0.1, 0.15) is 19.4 Å². The molecule has 0 unspecified atom stereocenters. The van der Waals surface area contributed by atoms with E-state index in [-0.39, 0.29) is 5.91 Å². The van der Waals surface area contributed by atoms with Gasteiger partial charge in [-0.2, -0.15) is 0 Å². The molecule has 0 spiro atoms. The Balaban J connectivity index is 1.46. The van der Waals surface area contributed by atoms with E-state index in [0.717, 1.165) is 57.1 Å². The maximum absolute atomic E-state index is 12.3. The van der Waals surface area contributed by atoms with Crippen molar-refractivity contribution in [2.24, 2.45) is 0 Å². The van der Waals surface area contributed by atoms with Crippen molar-refractivity contribution in [3.8, 4) is 0 Å². The molecule has 5 heteroatoms. The summed E-state index contributed by atoms with van der Waals surface area (Å²) in [6, 6.07) is 18.9. The molecule has 1 aliphatic rings. The summed E-state index contributed by atoms with van der Waals surface area (Å²) in [5.41, 5.74) is 4.50. The van der Waals surface area contributed by atoms with E-state index in [1.165, 1.54) is 11.3 Å². The fourth-order valence-electron chi connectivity index (χ4n) is 3.83. The molecule has 3 rings (SSSR count). The Labute approximate surface area is 181 Å². The number of carbonyl (C=O) groups excluding carboxylic acids is 1. The first-order chi connectivity index (χ1) is 14.5. The molecule has 0 aromatic heterocycles. The zero-order valence-electron chi connectivity index (χ0n) is 18.3. The summed E-state index contributed by atoms with van der Waals surface area (Å²) in [5.74, 6) is 0.0142. The Morgan fingerprint density at radius 2 is 1.67 bits per heavy atom. The molecule has 2 aromatic rings. The lowest BCUT2D eigenvalue weighted by Gasteiger charge is -2.36. The molecule has 0 atom stereocenters. The van der Waals surface area contributed by atoms with Gasteiger partial charge in [-0.05, 0) is 43.3 Å². The highest BCUT2D eigenvalue weighted by Crippen LogP contribution is 2.20. The molecule has 0 radical (unpaired) electrons. The molecule has 1 N–H and O–H groups in total. The minimum atomic E-state index is 0.0142. The summed E-state index contributed by atoms with van der Waals surface area (Å²) in [6.07, 6.45) is 0. The summed E-state index contributed by atoms with van der Waals surface area (Å²) in [5, 5.41) is 3.01. The zero-order valence-corrected chi connectivity index (χ0v) is 18.3. The lowest BCUT2D eigenvalue weighted by molar-refractivity contribution is -0.117. The maximum Gasteiger partial charge on any atom is 0.238 e. The molecule has 1 saturated heterocycles. The van der Waals surface area contributed by atoms with Gasteiger partial charge in [-0.1, -0.05) is 49.4 Å². The standard InChI is InChI=1S/C25H34N4O/c1-4-27(18-21(2)3)20-25(30)26-23-10-12-24(13-11-23)29-16-14-28(15-17-29)19-22-8-6-5-7-9-22/h5-13H,2,4,14-20H2,1,3H3,(H,26,30). The Morgan fingerprint density at radius 1 is 1.00 bits per heavy atom. The van der Waals surface area contributed by atoms with Gasteiger partial charge in [-0.25, -0.2) is 0 Å². The molecule has 1 fully saturated rings. The van der Waals surface area contributed by atoms with Gasteiger partial charge in [0.2, 0.25) is 5.91 Å². The summed E-state index contributed by atoms with van der Waals surface area (Å²) in [4.78, 5) is 19.3. The summed E-state index contributed by atoms with van der Waals surface area (Å²) < 4.78 is 0. The normalized spacial score (nSPS) is 14.7. The van der Waals surface area contributed by atoms with Crippen LogP contribution < -0.4 is 10.2 Å². The van der Waals surface area contributed by atoms with Gasteiger partial charge in [-0.15, -0.1) is 0 Å². The second-order valence-corrected chi connectivity index (χ2v) is 8.10. The molecule has 30 heavy (non-hydrogen) atoms. The topological polar surface area (TPSA) is 38.8 Å². The van der Waals surface area contributed by atoms with Crippen LogP contribution in [0.3, 0.4) is 0 Å². The van der Waals surface area contributed by atoms with Crippen molar-refractivity contribution in [2.75, 3.05) is 56.0 Å². The molecule has 160 valence electrons. The molecule has 1 heterocycles. The van der Waals surface area contributed by atoms with E-state index in [9.17, 15) is 4.79 Å². The van der Waals surface area contributed by atoms with Crippen LogP contribution in [0, 0.1) is 0 Å². The molecular weight excluding hydrogens is 372 g/mol. The van der Waals surface area contributed by atoms with E-state index in [2.05, 4.69) is 76.0 Å². The van der Waals surface area contributed by atoms with Crippen LogP contribution in [-0.2, 0) is 11.3 Å². The van der Waals surface area contributed by atoms with E-state index in [1.54, 1.807) is 0 Å². The second kappa shape index (κ2) is 11.0. The second-order valence-electron chi connectivity index (χ2n) is 8.10. The van der Waals surface area contributed by atoms with Crippen molar-refractivity contribution < 1.29 is 4.79 Å². The smallest absolute Gasteiger partial charge is 0.238 e. The third kappa shape index (κ3) is 6.71. The molecule has 0 saturated carbocycles. The Morgan fingerprint density at radius 3 is 2.27 bits per heavy atom. The minimum Gasteiger partial charge on any atom is -0.369 e. The molecular formula is C25H34N4O. The van der Waals surface area contributed by atoms with Gasteiger partial charge in [0.1, 0.15) is 0 Å². The van der Waals surface area contributed by atoms with E-state index < -0.39 is 0 Å². The number of benzene rings is 2. The van der Waals surface area contributed by atoms with Crippen molar-refractivity contribution >= 4 is 17.3 Å². The van der Waals surface area contributed by atoms with Gasteiger partial charge in [0.25, 0.3) is 0 Å². The maximum atomic E-state index is 12.3. The van der Waals surface area contributed by atoms with Crippen LogP contribution in [-0.4, -0.2) is 61.5 Å². The van der Waals surface area contributed by atoms with Crippen LogP contribution in [0.4, 0.5) is 11.4 Å². The predicted molar refractivity (Wildman–Crippen MR) is 126 cm³/mol. The quantitative estimate of drug-likeness (QED) is 0.642. The number of anilines is 2.